The SMILES string of the molecule is CC(C)(C)c1cccc(C(=O)Nc2cccc(Oc3ccnc4c3CC(=O)C=N4)c2)c1. The van der Waals surface area contributed by atoms with E-state index in [0.29, 0.717) is 34.1 Å². The van der Waals surface area contributed by atoms with Crippen molar-refractivity contribution in [2.75, 3.05) is 5.32 Å². The normalized spacial score (nSPS) is 12.9. The Hall–Kier alpha value is -3.80. The van der Waals surface area contributed by atoms with Crippen molar-refractivity contribution >= 4 is 29.4 Å². The number of aromatic nitrogens is 1. The molecule has 6 nitrogen and oxygen atoms in total. The number of ketones is 1. The van der Waals surface area contributed by atoms with Crippen molar-refractivity contribution in [1.82, 2.24) is 4.98 Å². The van der Waals surface area contributed by atoms with E-state index in [1.165, 1.54) is 6.21 Å². The van der Waals surface area contributed by atoms with Crippen molar-refractivity contribution < 1.29 is 14.3 Å². The van der Waals surface area contributed by atoms with E-state index < -0.39 is 0 Å². The van der Waals surface area contributed by atoms with Crippen LogP contribution in [0.1, 0.15) is 42.3 Å². The number of nitrogens with one attached hydrogen (secondary N) is 1. The van der Waals surface area contributed by atoms with Crippen molar-refractivity contribution in [3.8, 4) is 11.5 Å². The van der Waals surface area contributed by atoms with Crippen molar-refractivity contribution in [2.45, 2.75) is 32.6 Å². The molecule has 0 radical (unpaired) electrons. The smallest absolute Gasteiger partial charge is 0.255 e. The Morgan fingerprint density at radius 3 is 2.68 bits per heavy atom. The number of hydrogen-bond donors (Lipinski definition) is 1. The number of amides is 1. The first kappa shape index (κ1) is 20.5. The van der Waals surface area contributed by atoms with Gasteiger partial charge in [0.25, 0.3) is 5.91 Å². The molecule has 2 aromatic carbocycles. The monoisotopic (exact) mass is 413 g/mol. The van der Waals surface area contributed by atoms with Gasteiger partial charge in [0.05, 0.1) is 6.21 Å². The average molecular weight is 413 g/mol. The number of benzene rings is 2. The van der Waals surface area contributed by atoms with E-state index in [0.717, 1.165) is 5.56 Å². The number of anilines is 1. The Morgan fingerprint density at radius 1 is 1.06 bits per heavy atom. The average Bonchev–Trinajstić information content (AvgIpc) is 2.74. The summed E-state index contributed by atoms with van der Waals surface area (Å²) >= 11 is 0. The summed E-state index contributed by atoms with van der Waals surface area (Å²) in [5, 5.41) is 2.92. The van der Waals surface area contributed by atoms with Gasteiger partial charge < -0.3 is 10.1 Å². The molecular weight excluding hydrogens is 390 g/mol. The van der Waals surface area contributed by atoms with Crippen molar-refractivity contribution in [3.63, 3.8) is 0 Å². The number of carbonyl (C=O) groups is 2. The first-order valence-electron chi connectivity index (χ1n) is 10.0. The van der Waals surface area contributed by atoms with Gasteiger partial charge in [-0.3, -0.25) is 9.59 Å². The number of Topliss-reactive ketones (excluding diaryl/α,β-unsaturated/α-hetero) is 1. The molecule has 1 aliphatic heterocycles. The van der Waals surface area contributed by atoms with Gasteiger partial charge >= 0.3 is 0 Å². The number of pyridine rings is 1. The predicted octanol–water partition coefficient (Wildman–Crippen LogP) is 5.25. The largest absolute Gasteiger partial charge is 0.457 e. The van der Waals surface area contributed by atoms with E-state index >= 15 is 0 Å². The molecule has 0 fully saturated rings. The van der Waals surface area contributed by atoms with Crippen LogP contribution in [0.4, 0.5) is 11.5 Å². The van der Waals surface area contributed by atoms with Crippen LogP contribution in [0, 0.1) is 0 Å². The number of fused-ring (bicyclic) bond motifs is 1. The van der Waals surface area contributed by atoms with E-state index in [-0.39, 0.29) is 23.5 Å². The zero-order chi connectivity index (χ0) is 22.0. The second-order valence-corrected chi connectivity index (χ2v) is 8.43. The molecule has 2 heterocycles. The predicted molar refractivity (Wildman–Crippen MR) is 121 cm³/mol. The van der Waals surface area contributed by atoms with E-state index in [9.17, 15) is 9.59 Å². The third-order valence-corrected chi connectivity index (χ3v) is 4.98. The fourth-order valence-electron chi connectivity index (χ4n) is 3.28. The molecule has 1 amide bonds. The van der Waals surface area contributed by atoms with E-state index in [2.05, 4.69) is 36.1 Å². The van der Waals surface area contributed by atoms with Gasteiger partial charge in [-0.25, -0.2) is 9.98 Å². The second-order valence-electron chi connectivity index (χ2n) is 8.43. The highest BCUT2D eigenvalue weighted by Crippen LogP contribution is 2.33. The van der Waals surface area contributed by atoms with E-state index in [1.807, 2.05) is 18.2 Å². The molecule has 0 saturated carbocycles. The van der Waals surface area contributed by atoms with Crippen LogP contribution < -0.4 is 10.1 Å². The highest BCUT2D eigenvalue weighted by atomic mass is 16.5. The molecule has 0 unspecified atom stereocenters. The molecule has 6 heteroatoms. The maximum Gasteiger partial charge on any atom is 0.255 e. The van der Waals surface area contributed by atoms with Gasteiger partial charge in [0, 0.05) is 35.5 Å². The second kappa shape index (κ2) is 8.14. The zero-order valence-electron chi connectivity index (χ0n) is 17.7. The summed E-state index contributed by atoms with van der Waals surface area (Å²) < 4.78 is 6.00. The zero-order valence-corrected chi connectivity index (χ0v) is 17.7. The summed E-state index contributed by atoms with van der Waals surface area (Å²) in [6.45, 7) is 6.34. The molecule has 1 N–H and O–H groups in total. The number of carbonyl (C=O) groups excluding carboxylic acids is 2. The molecule has 0 atom stereocenters. The molecule has 0 aliphatic carbocycles. The van der Waals surface area contributed by atoms with Gasteiger partial charge in [-0.1, -0.05) is 39.0 Å². The highest BCUT2D eigenvalue weighted by molar-refractivity contribution is 6.29. The van der Waals surface area contributed by atoms with Crippen LogP contribution in [0.2, 0.25) is 0 Å². The quantitative estimate of drug-likeness (QED) is 0.633. The van der Waals surface area contributed by atoms with Crippen LogP contribution >= 0.6 is 0 Å². The fourth-order valence-corrected chi connectivity index (χ4v) is 3.28. The summed E-state index contributed by atoms with van der Waals surface area (Å²) in [5.74, 6) is 1.27. The van der Waals surface area contributed by atoms with Gasteiger partial charge in [-0.2, -0.15) is 0 Å². The van der Waals surface area contributed by atoms with E-state index in [4.69, 9.17) is 4.74 Å². The summed E-state index contributed by atoms with van der Waals surface area (Å²) in [6.07, 6.45) is 3.07. The van der Waals surface area contributed by atoms with Gasteiger partial charge in [-0.15, -0.1) is 0 Å². The van der Waals surface area contributed by atoms with Crippen LogP contribution in [0.3, 0.4) is 0 Å². The molecule has 1 aromatic heterocycles. The third-order valence-electron chi connectivity index (χ3n) is 4.98. The molecule has 4 rings (SSSR count). The van der Waals surface area contributed by atoms with Gasteiger partial charge in [-0.05, 0) is 41.3 Å². The fraction of sp³-hybridized carbons (Fsp3) is 0.200. The summed E-state index contributed by atoms with van der Waals surface area (Å²) in [6, 6.07) is 16.5. The van der Waals surface area contributed by atoms with Crippen LogP contribution in [0.25, 0.3) is 0 Å². The number of aliphatic imine (C=N–C) groups is 1. The lowest BCUT2D eigenvalue weighted by molar-refractivity contribution is -0.112. The van der Waals surface area contributed by atoms with Crippen molar-refractivity contribution in [3.05, 3.63) is 77.5 Å². The Balaban J connectivity index is 1.53. The minimum Gasteiger partial charge on any atom is -0.457 e. The van der Waals surface area contributed by atoms with Gasteiger partial charge in [0.15, 0.2) is 11.6 Å². The molecule has 156 valence electrons. The van der Waals surface area contributed by atoms with Crippen LogP contribution in [0.15, 0.2) is 65.8 Å². The topological polar surface area (TPSA) is 80.6 Å². The Bertz CT molecular complexity index is 1190. The summed E-state index contributed by atoms with van der Waals surface area (Å²) in [7, 11) is 0. The van der Waals surface area contributed by atoms with Crippen molar-refractivity contribution in [2.24, 2.45) is 4.99 Å². The molecular formula is C25H23N3O3. The highest BCUT2D eigenvalue weighted by Gasteiger charge is 2.19. The Labute approximate surface area is 181 Å². The maximum atomic E-state index is 12.8. The Morgan fingerprint density at radius 2 is 1.87 bits per heavy atom. The lowest BCUT2D eigenvalue weighted by Crippen LogP contribution is -2.15. The van der Waals surface area contributed by atoms with Crippen LogP contribution in [-0.2, 0) is 16.6 Å². The van der Waals surface area contributed by atoms with E-state index in [1.54, 1.807) is 42.6 Å². The van der Waals surface area contributed by atoms with Crippen molar-refractivity contribution in [1.29, 1.82) is 0 Å². The van der Waals surface area contributed by atoms with Crippen LogP contribution in [0.5, 0.6) is 11.5 Å². The Kier molecular flexibility index (Phi) is 5.38. The number of hydrogen-bond acceptors (Lipinski definition) is 5. The third kappa shape index (κ3) is 4.69. The van der Waals surface area contributed by atoms with Crippen LogP contribution in [-0.4, -0.2) is 22.9 Å². The number of rotatable bonds is 4. The molecule has 3 aromatic rings. The minimum absolute atomic E-state index is 0.0425. The number of ether oxygens (including phenoxy) is 1. The molecule has 31 heavy (non-hydrogen) atoms. The molecule has 0 bridgehead atoms. The number of nitrogens with zero attached hydrogens (tertiary/aromatic N) is 2. The van der Waals surface area contributed by atoms with Gasteiger partial charge in [0.1, 0.15) is 11.5 Å². The molecule has 0 saturated heterocycles. The maximum absolute atomic E-state index is 12.8. The summed E-state index contributed by atoms with van der Waals surface area (Å²) in [4.78, 5) is 32.8. The first-order valence-corrected chi connectivity index (χ1v) is 10.0. The molecule has 0 spiro atoms. The minimum atomic E-state index is -0.190. The standard InChI is InChI=1S/C25H23N3O3/c1-25(2,3)17-7-4-6-16(12-17)24(30)28-18-8-5-9-20(13-18)31-22-10-11-26-23-21(22)14-19(29)15-27-23/h4-13,15H,14H2,1-3H3,(H,28,30). The summed E-state index contributed by atoms with van der Waals surface area (Å²) in [5.41, 5.74) is 2.92. The lowest BCUT2D eigenvalue weighted by Gasteiger charge is -2.19. The molecule has 1 aliphatic rings. The first-order chi connectivity index (χ1) is 14.8. The lowest BCUT2D eigenvalue weighted by atomic mass is 9.86. The van der Waals surface area contributed by atoms with Gasteiger partial charge in [0.2, 0.25) is 0 Å².